The van der Waals surface area contributed by atoms with Crippen LogP contribution in [0, 0.1) is 0 Å². The van der Waals surface area contributed by atoms with Gasteiger partial charge in [-0.15, -0.1) is 0 Å². The summed E-state index contributed by atoms with van der Waals surface area (Å²) in [7, 11) is 0. The second kappa shape index (κ2) is 6.86. The molecule has 1 heterocycles. The van der Waals surface area contributed by atoms with Crippen LogP contribution >= 0.6 is 0 Å². The fraction of sp³-hybridized carbons (Fsp3) is 0.812. The highest BCUT2D eigenvalue weighted by Gasteiger charge is 2.43. The molecule has 1 N–H and O–H groups in total. The number of carbonyl (C=O) groups excluding carboxylic acids is 2. The lowest BCUT2D eigenvalue weighted by atomic mass is 10.1. The Morgan fingerprint density at radius 1 is 0.875 bits per heavy atom. The first kappa shape index (κ1) is 20.1. The van der Waals surface area contributed by atoms with Crippen LogP contribution in [-0.4, -0.2) is 69.4 Å². The third-order valence-electron chi connectivity index (χ3n) is 3.28. The molecule has 0 unspecified atom stereocenters. The molecule has 138 valence electrons. The molecule has 2 amide bonds. The van der Waals surface area contributed by atoms with Crippen molar-refractivity contribution < 1.29 is 29.0 Å². The summed E-state index contributed by atoms with van der Waals surface area (Å²) in [5, 5.41) is 9.45. The van der Waals surface area contributed by atoms with Gasteiger partial charge in [-0.25, -0.2) is 14.4 Å². The Kier molecular flexibility index (Phi) is 5.74. The Morgan fingerprint density at radius 3 is 1.67 bits per heavy atom. The molecule has 0 aliphatic carbocycles. The van der Waals surface area contributed by atoms with E-state index in [0.29, 0.717) is 0 Å². The van der Waals surface area contributed by atoms with E-state index in [0.717, 1.165) is 4.90 Å². The molecule has 0 spiro atoms. The molecule has 8 heteroatoms. The van der Waals surface area contributed by atoms with Crippen LogP contribution in [0.15, 0.2) is 0 Å². The molecule has 0 bridgehead atoms. The molecule has 1 fully saturated rings. The number of carbonyl (C=O) groups is 3. The predicted octanol–water partition coefficient (Wildman–Crippen LogP) is 2.32. The maximum Gasteiger partial charge on any atom is 0.411 e. The zero-order valence-corrected chi connectivity index (χ0v) is 15.5. The minimum atomic E-state index is -1.19. The van der Waals surface area contributed by atoms with Crippen molar-refractivity contribution in [1.82, 2.24) is 9.80 Å². The number of carboxylic acids is 1. The maximum absolute atomic E-state index is 12.3. The van der Waals surface area contributed by atoms with Crippen LogP contribution in [0.5, 0.6) is 0 Å². The van der Waals surface area contributed by atoms with Gasteiger partial charge in [-0.05, 0) is 48.5 Å². The lowest BCUT2D eigenvalue weighted by molar-refractivity contribution is -0.146. The number of nitrogens with zero attached hydrogens (tertiary/aromatic N) is 2. The number of piperazine rings is 1. The molecule has 24 heavy (non-hydrogen) atoms. The van der Waals surface area contributed by atoms with Gasteiger partial charge >= 0.3 is 18.2 Å². The molecular weight excluding hydrogens is 316 g/mol. The van der Waals surface area contributed by atoms with Crippen LogP contribution < -0.4 is 0 Å². The SMILES string of the molecule is C[C@@H]1CN(C(=O)OC(C)(C)C)[C@@H](C(=O)O)CN1C(=O)OC(C)(C)C. The lowest BCUT2D eigenvalue weighted by Crippen LogP contribution is -2.63. The smallest absolute Gasteiger partial charge is 0.411 e. The zero-order chi connectivity index (χ0) is 18.9. The molecule has 0 aromatic carbocycles. The first-order valence-corrected chi connectivity index (χ1v) is 7.93. The van der Waals surface area contributed by atoms with E-state index in [-0.39, 0.29) is 19.1 Å². The van der Waals surface area contributed by atoms with Crippen molar-refractivity contribution in [3.8, 4) is 0 Å². The van der Waals surface area contributed by atoms with Gasteiger partial charge in [-0.1, -0.05) is 0 Å². The summed E-state index contributed by atoms with van der Waals surface area (Å²) >= 11 is 0. The van der Waals surface area contributed by atoms with Gasteiger partial charge in [0.2, 0.25) is 0 Å². The van der Waals surface area contributed by atoms with Crippen molar-refractivity contribution in [2.24, 2.45) is 0 Å². The summed E-state index contributed by atoms with van der Waals surface area (Å²) in [5.74, 6) is -1.19. The summed E-state index contributed by atoms with van der Waals surface area (Å²) in [4.78, 5) is 38.6. The first-order valence-electron chi connectivity index (χ1n) is 7.93. The molecule has 1 rings (SSSR count). The van der Waals surface area contributed by atoms with Crippen LogP contribution in [0.4, 0.5) is 9.59 Å². The quantitative estimate of drug-likeness (QED) is 0.784. The Bertz CT molecular complexity index is 506. The molecule has 1 aliphatic heterocycles. The van der Waals surface area contributed by atoms with Gasteiger partial charge in [-0.2, -0.15) is 0 Å². The average Bonchev–Trinajstić information content (AvgIpc) is 2.33. The fourth-order valence-electron chi connectivity index (χ4n) is 2.28. The lowest BCUT2D eigenvalue weighted by Gasteiger charge is -2.43. The third-order valence-corrected chi connectivity index (χ3v) is 3.28. The van der Waals surface area contributed by atoms with E-state index in [9.17, 15) is 19.5 Å². The topological polar surface area (TPSA) is 96.4 Å². The highest BCUT2D eigenvalue weighted by molar-refractivity contribution is 5.82. The molecule has 0 aromatic heterocycles. The number of rotatable bonds is 1. The predicted molar refractivity (Wildman–Crippen MR) is 86.8 cm³/mol. The largest absolute Gasteiger partial charge is 0.480 e. The number of ether oxygens (including phenoxy) is 2. The summed E-state index contributed by atoms with van der Waals surface area (Å²) in [6, 6.07) is -1.56. The molecule has 1 saturated heterocycles. The summed E-state index contributed by atoms with van der Waals surface area (Å²) < 4.78 is 10.6. The molecule has 1 aliphatic rings. The highest BCUT2D eigenvalue weighted by Crippen LogP contribution is 2.21. The van der Waals surface area contributed by atoms with Crippen molar-refractivity contribution in [2.75, 3.05) is 13.1 Å². The normalized spacial score (nSPS) is 22.1. The number of aliphatic carboxylic acids is 1. The Labute approximate surface area is 142 Å². The molecular formula is C16H28N2O6. The van der Waals surface area contributed by atoms with E-state index in [1.165, 1.54) is 4.90 Å². The summed E-state index contributed by atoms with van der Waals surface area (Å²) in [6.45, 7) is 12.0. The Hall–Kier alpha value is -1.99. The standard InChI is InChI=1S/C16H28N2O6/c1-10-8-18(14(22)24-16(5,6)7)11(12(19)20)9-17(10)13(21)23-15(2,3)4/h10-11H,8-9H2,1-7H3,(H,19,20)/t10-,11-/m1/s1. The fourth-order valence-corrected chi connectivity index (χ4v) is 2.28. The second-order valence-corrected chi connectivity index (χ2v) is 7.97. The van der Waals surface area contributed by atoms with Gasteiger partial charge in [0.15, 0.2) is 6.04 Å². The number of carboxylic acid groups (broad SMARTS) is 1. The minimum Gasteiger partial charge on any atom is -0.480 e. The molecule has 2 atom stereocenters. The first-order chi connectivity index (χ1) is 10.7. The van der Waals surface area contributed by atoms with Crippen molar-refractivity contribution in [2.45, 2.75) is 71.8 Å². The Balaban J connectivity index is 2.94. The maximum atomic E-state index is 12.3. The number of hydrogen-bond acceptors (Lipinski definition) is 5. The summed E-state index contributed by atoms with van der Waals surface area (Å²) in [5.41, 5.74) is -1.41. The minimum absolute atomic E-state index is 0.0606. The van der Waals surface area contributed by atoms with Gasteiger partial charge in [0.05, 0.1) is 12.6 Å². The van der Waals surface area contributed by atoms with Gasteiger partial charge in [0, 0.05) is 6.54 Å². The second-order valence-electron chi connectivity index (χ2n) is 7.97. The van der Waals surface area contributed by atoms with Crippen molar-refractivity contribution >= 4 is 18.2 Å². The van der Waals surface area contributed by atoms with Crippen molar-refractivity contribution in [1.29, 1.82) is 0 Å². The van der Waals surface area contributed by atoms with Gasteiger partial charge in [0.25, 0.3) is 0 Å². The monoisotopic (exact) mass is 344 g/mol. The van der Waals surface area contributed by atoms with E-state index in [2.05, 4.69) is 0 Å². The average molecular weight is 344 g/mol. The van der Waals surface area contributed by atoms with Crippen LogP contribution in [0.2, 0.25) is 0 Å². The highest BCUT2D eigenvalue weighted by atomic mass is 16.6. The van der Waals surface area contributed by atoms with Crippen molar-refractivity contribution in [3.05, 3.63) is 0 Å². The molecule has 0 saturated carbocycles. The molecule has 0 radical (unpaired) electrons. The van der Waals surface area contributed by atoms with Crippen LogP contribution in [-0.2, 0) is 14.3 Å². The molecule has 0 aromatic rings. The van der Waals surface area contributed by atoms with Crippen LogP contribution in [0.1, 0.15) is 48.5 Å². The van der Waals surface area contributed by atoms with Gasteiger partial charge < -0.3 is 19.5 Å². The molecule has 8 nitrogen and oxygen atoms in total. The van der Waals surface area contributed by atoms with E-state index >= 15 is 0 Å². The number of hydrogen-bond donors (Lipinski definition) is 1. The van der Waals surface area contributed by atoms with E-state index in [1.807, 2.05) is 0 Å². The van der Waals surface area contributed by atoms with Gasteiger partial charge in [-0.3, -0.25) is 4.90 Å². The van der Waals surface area contributed by atoms with Crippen molar-refractivity contribution in [3.63, 3.8) is 0 Å². The van der Waals surface area contributed by atoms with E-state index in [4.69, 9.17) is 9.47 Å². The summed E-state index contributed by atoms with van der Waals surface area (Å²) in [6.07, 6.45) is -1.30. The van der Waals surface area contributed by atoms with E-state index < -0.39 is 35.4 Å². The zero-order valence-electron chi connectivity index (χ0n) is 15.5. The van der Waals surface area contributed by atoms with Crippen LogP contribution in [0.25, 0.3) is 0 Å². The Morgan fingerprint density at radius 2 is 1.29 bits per heavy atom. The van der Waals surface area contributed by atoms with Gasteiger partial charge in [0.1, 0.15) is 11.2 Å². The van der Waals surface area contributed by atoms with Crippen LogP contribution in [0.3, 0.4) is 0 Å². The number of amides is 2. The van der Waals surface area contributed by atoms with E-state index in [1.54, 1.807) is 48.5 Å². The third kappa shape index (κ3) is 5.58.